The first-order valence-corrected chi connectivity index (χ1v) is 9.71. The van der Waals surface area contributed by atoms with Crippen molar-refractivity contribution in [3.05, 3.63) is 69.4 Å². The number of hydrogen-bond acceptors (Lipinski definition) is 3. The lowest BCUT2D eigenvalue weighted by Gasteiger charge is -2.34. The van der Waals surface area contributed by atoms with E-state index in [0.29, 0.717) is 12.2 Å². The number of carbonyl (C=O) groups excluding carboxylic acids is 1. The molecule has 124 valence electrons. The lowest BCUT2D eigenvalue weighted by Crippen LogP contribution is -2.27. The number of ketones is 1. The molecule has 5 rings (SSSR count). The largest absolute Gasteiger partial charge is 0.373 e. The van der Waals surface area contributed by atoms with Gasteiger partial charge in [0.15, 0.2) is 5.78 Å². The Morgan fingerprint density at radius 2 is 1.96 bits per heavy atom. The minimum atomic E-state index is -0.00328. The second-order valence-corrected chi connectivity index (χ2v) is 7.87. The number of anilines is 1. The van der Waals surface area contributed by atoms with E-state index in [1.807, 2.05) is 0 Å². The van der Waals surface area contributed by atoms with E-state index in [1.165, 1.54) is 32.3 Å². The standard InChI is InChI=1S/C22H19NOS/c1-13-11-12-25-22(13)21-20-16(7-4-8-18(20)24)19-15-6-3-2-5-14(15)9-10-17(19)23-21/h2-3,5-6,9-12,21,23H,4,7-8H2,1H3/t21-/m0/s1. The van der Waals surface area contributed by atoms with Crippen LogP contribution in [0.4, 0.5) is 5.69 Å². The molecule has 25 heavy (non-hydrogen) atoms. The minimum absolute atomic E-state index is 0.00328. The minimum Gasteiger partial charge on any atom is -0.373 e. The Kier molecular flexibility index (Phi) is 3.32. The number of hydrogen-bond donors (Lipinski definition) is 1. The van der Waals surface area contributed by atoms with Gasteiger partial charge in [0.1, 0.15) is 0 Å². The summed E-state index contributed by atoms with van der Waals surface area (Å²) in [5.41, 5.74) is 5.92. The van der Waals surface area contributed by atoms with E-state index < -0.39 is 0 Å². The Morgan fingerprint density at radius 1 is 1.08 bits per heavy atom. The highest BCUT2D eigenvalue weighted by atomic mass is 32.1. The van der Waals surface area contributed by atoms with Crippen LogP contribution in [-0.2, 0) is 4.79 Å². The Balaban J connectivity index is 1.82. The van der Waals surface area contributed by atoms with Crippen LogP contribution in [-0.4, -0.2) is 5.78 Å². The van der Waals surface area contributed by atoms with Crippen LogP contribution in [0.2, 0.25) is 0 Å². The zero-order valence-corrected chi connectivity index (χ0v) is 15.0. The SMILES string of the molecule is Cc1ccsc1[C@H]1Nc2ccc3ccccc3c2C2=C1C(=O)CCC2. The summed E-state index contributed by atoms with van der Waals surface area (Å²) in [6, 6.07) is 15.0. The van der Waals surface area contributed by atoms with E-state index in [-0.39, 0.29) is 6.04 Å². The zero-order valence-electron chi connectivity index (χ0n) is 14.1. The maximum atomic E-state index is 12.9. The first-order valence-electron chi connectivity index (χ1n) is 8.83. The number of aryl methyl sites for hydroxylation is 1. The van der Waals surface area contributed by atoms with Gasteiger partial charge in [-0.15, -0.1) is 11.3 Å². The van der Waals surface area contributed by atoms with Gasteiger partial charge in [-0.3, -0.25) is 4.79 Å². The summed E-state index contributed by atoms with van der Waals surface area (Å²) in [6.07, 6.45) is 2.61. The fraction of sp³-hybridized carbons (Fsp3) is 0.227. The van der Waals surface area contributed by atoms with Crippen LogP contribution >= 0.6 is 11.3 Å². The van der Waals surface area contributed by atoms with Crippen molar-refractivity contribution in [2.75, 3.05) is 5.32 Å². The van der Waals surface area contributed by atoms with Crippen molar-refractivity contribution in [3.8, 4) is 0 Å². The summed E-state index contributed by atoms with van der Waals surface area (Å²) in [4.78, 5) is 14.2. The molecule has 1 N–H and O–H groups in total. The molecule has 1 atom stereocenters. The molecule has 0 radical (unpaired) electrons. The highest BCUT2D eigenvalue weighted by Crippen LogP contribution is 2.49. The molecule has 0 amide bonds. The summed E-state index contributed by atoms with van der Waals surface area (Å²) in [5, 5.41) is 8.30. The second kappa shape index (κ2) is 5.57. The highest BCUT2D eigenvalue weighted by Gasteiger charge is 2.35. The molecule has 3 aromatic rings. The lowest BCUT2D eigenvalue weighted by atomic mass is 9.78. The third-order valence-electron chi connectivity index (χ3n) is 5.44. The van der Waals surface area contributed by atoms with Gasteiger partial charge in [-0.05, 0) is 59.2 Å². The van der Waals surface area contributed by atoms with Gasteiger partial charge in [0.05, 0.1) is 6.04 Å². The number of rotatable bonds is 1. The van der Waals surface area contributed by atoms with Crippen LogP contribution in [0.15, 0.2) is 53.4 Å². The topological polar surface area (TPSA) is 29.1 Å². The molecule has 3 heteroatoms. The molecule has 0 fully saturated rings. The van der Waals surface area contributed by atoms with Crippen molar-refractivity contribution < 1.29 is 4.79 Å². The van der Waals surface area contributed by atoms with Crippen LogP contribution in [0, 0.1) is 6.92 Å². The Labute approximate surface area is 151 Å². The zero-order chi connectivity index (χ0) is 17.0. The van der Waals surface area contributed by atoms with Crippen LogP contribution in [0.3, 0.4) is 0 Å². The summed E-state index contributed by atoms with van der Waals surface area (Å²) in [7, 11) is 0. The van der Waals surface area contributed by atoms with Gasteiger partial charge in [-0.1, -0.05) is 30.3 Å². The van der Waals surface area contributed by atoms with Crippen molar-refractivity contribution in [2.24, 2.45) is 0 Å². The number of Topliss-reactive ketones (excluding diaryl/α,β-unsaturated/α-hetero) is 1. The third-order valence-corrected chi connectivity index (χ3v) is 6.52. The van der Waals surface area contributed by atoms with Crippen molar-refractivity contribution in [3.63, 3.8) is 0 Å². The number of fused-ring (bicyclic) bond motifs is 4. The monoisotopic (exact) mass is 345 g/mol. The smallest absolute Gasteiger partial charge is 0.161 e. The molecule has 2 aromatic carbocycles. The molecule has 0 bridgehead atoms. The van der Waals surface area contributed by atoms with Gasteiger partial charge in [-0.2, -0.15) is 0 Å². The molecular weight excluding hydrogens is 326 g/mol. The fourth-order valence-corrected chi connectivity index (χ4v) is 5.27. The molecule has 2 nitrogen and oxygen atoms in total. The van der Waals surface area contributed by atoms with Gasteiger partial charge >= 0.3 is 0 Å². The summed E-state index contributed by atoms with van der Waals surface area (Å²) in [5.74, 6) is 0.310. The van der Waals surface area contributed by atoms with Gasteiger partial charge in [0.25, 0.3) is 0 Å². The number of thiophene rings is 1. The van der Waals surface area contributed by atoms with Crippen molar-refractivity contribution in [1.29, 1.82) is 0 Å². The van der Waals surface area contributed by atoms with Crippen molar-refractivity contribution in [2.45, 2.75) is 32.2 Å². The van der Waals surface area contributed by atoms with E-state index in [4.69, 9.17) is 0 Å². The predicted octanol–water partition coefficient (Wildman–Crippen LogP) is 5.88. The first-order chi connectivity index (χ1) is 12.2. The number of allylic oxidation sites excluding steroid dienone is 1. The quantitative estimate of drug-likeness (QED) is 0.596. The van der Waals surface area contributed by atoms with Crippen molar-refractivity contribution in [1.82, 2.24) is 0 Å². The van der Waals surface area contributed by atoms with Crippen LogP contribution in [0.1, 0.15) is 41.3 Å². The lowest BCUT2D eigenvalue weighted by molar-refractivity contribution is -0.116. The Bertz CT molecular complexity index is 1040. The maximum Gasteiger partial charge on any atom is 0.161 e. The molecule has 1 aliphatic heterocycles. The van der Waals surface area contributed by atoms with E-state index in [2.05, 4.69) is 60.1 Å². The number of carbonyl (C=O) groups is 1. The first kappa shape index (κ1) is 14.9. The normalized spacial score (nSPS) is 19.6. The average Bonchev–Trinajstić information content (AvgIpc) is 3.06. The molecular formula is C22H19NOS. The third kappa shape index (κ3) is 2.19. The number of nitrogens with one attached hydrogen (secondary N) is 1. The predicted molar refractivity (Wildman–Crippen MR) is 105 cm³/mol. The molecule has 0 saturated heterocycles. The Morgan fingerprint density at radius 3 is 2.80 bits per heavy atom. The van der Waals surface area contributed by atoms with Crippen LogP contribution < -0.4 is 5.32 Å². The fourth-order valence-electron chi connectivity index (χ4n) is 4.28. The molecule has 2 aliphatic rings. The van der Waals surface area contributed by atoms with Gasteiger partial charge in [-0.25, -0.2) is 0 Å². The maximum absolute atomic E-state index is 12.9. The van der Waals surface area contributed by atoms with E-state index in [9.17, 15) is 4.79 Å². The van der Waals surface area contributed by atoms with Gasteiger partial charge < -0.3 is 5.32 Å². The summed E-state index contributed by atoms with van der Waals surface area (Å²) < 4.78 is 0. The van der Waals surface area contributed by atoms with E-state index in [1.54, 1.807) is 11.3 Å². The summed E-state index contributed by atoms with van der Waals surface area (Å²) in [6.45, 7) is 2.14. The highest BCUT2D eigenvalue weighted by molar-refractivity contribution is 7.10. The molecule has 0 spiro atoms. The Hall–Kier alpha value is -2.39. The van der Waals surface area contributed by atoms with Crippen molar-refractivity contribution >= 4 is 39.2 Å². The number of benzene rings is 2. The van der Waals surface area contributed by atoms with Crippen LogP contribution in [0.5, 0.6) is 0 Å². The van der Waals surface area contributed by atoms with Crippen LogP contribution in [0.25, 0.3) is 16.3 Å². The second-order valence-electron chi connectivity index (χ2n) is 6.92. The van der Waals surface area contributed by atoms with E-state index in [0.717, 1.165) is 24.1 Å². The average molecular weight is 345 g/mol. The van der Waals surface area contributed by atoms with Gasteiger partial charge in [0.2, 0.25) is 0 Å². The molecule has 0 unspecified atom stereocenters. The molecule has 1 aromatic heterocycles. The summed E-state index contributed by atoms with van der Waals surface area (Å²) >= 11 is 1.74. The molecule has 1 aliphatic carbocycles. The van der Waals surface area contributed by atoms with Gasteiger partial charge in [0, 0.05) is 28.1 Å². The molecule has 2 heterocycles. The molecule has 0 saturated carbocycles. The van der Waals surface area contributed by atoms with E-state index >= 15 is 0 Å².